The van der Waals surface area contributed by atoms with E-state index in [0.29, 0.717) is 22.7 Å². The summed E-state index contributed by atoms with van der Waals surface area (Å²) in [5, 5.41) is 14.0. The number of nitriles is 1. The molecule has 0 aliphatic rings. The second-order valence-electron chi connectivity index (χ2n) is 5.84. The van der Waals surface area contributed by atoms with Crippen LogP contribution in [0.1, 0.15) is 28.9 Å². The maximum absolute atomic E-state index is 12.3. The molecule has 3 aromatic rings. The maximum Gasteiger partial charge on any atom is 0.311 e. The van der Waals surface area contributed by atoms with Crippen molar-refractivity contribution in [1.82, 2.24) is 14.6 Å². The first kappa shape index (κ1) is 19.4. The molecule has 0 N–H and O–H groups in total. The molecule has 6 nitrogen and oxygen atoms in total. The molecule has 0 spiro atoms. The summed E-state index contributed by atoms with van der Waals surface area (Å²) in [6, 6.07) is 4.97. The number of rotatable bonds is 4. The Labute approximate surface area is 170 Å². The molecule has 0 saturated heterocycles. The number of benzene rings is 1. The van der Waals surface area contributed by atoms with Gasteiger partial charge in [-0.15, -0.1) is 0 Å². The molecule has 2 heterocycles. The first-order valence-corrected chi connectivity index (χ1v) is 9.04. The third kappa shape index (κ3) is 3.86. The van der Waals surface area contributed by atoms with Crippen LogP contribution in [-0.4, -0.2) is 20.6 Å². The van der Waals surface area contributed by atoms with Crippen molar-refractivity contribution in [2.45, 2.75) is 26.7 Å². The quantitative estimate of drug-likeness (QED) is 0.448. The largest absolute Gasteiger partial charge is 0.423 e. The molecule has 0 aliphatic heterocycles. The second-order valence-corrected chi connectivity index (χ2v) is 7.09. The first-order chi connectivity index (χ1) is 12.8. The summed E-state index contributed by atoms with van der Waals surface area (Å²) in [5.74, 6) is -0.404. The van der Waals surface area contributed by atoms with Crippen LogP contribution in [0.2, 0.25) is 15.1 Å². The Kier molecular flexibility index (Phi) is 5.56. The molecule has 3 rings (SSSR count). The smallest absolute Gasteiger partial charge is 0.311 e. The van der Waals surface area contributed by atoms with Crippen LogP contribution in [0.3, 0.4) is 0 Å². The normalized spacial score (nSPS) is 10.8. The van der Waals surface area contributed by atoms with Crippen LogP contribution in [0, 0.1) is 25.2 Å². The van der Waals surface area contributed by atoms with Gasteiger partial charge in [-0.1, -0.05) is 34.8 Å². The standard InChI is InChI=1S/C18H13Cl3N4O2/c1-9-13(10(2)25-18(24-9)11(7-22)8-23-25)3-4-16(26)27-17-14(20)5-12(19)6-15(17)21/h5-6,8H,3-4H2,1-2H3. The van der Waals surface area contributed by atoms with Gasteiger partial charge < -0.3 is 4.74 Å². The lowest BCUT2D eigenvalue weighted by atomic mass is 10.1. The van der Waals surface area contributed by atoms with E-state index in [4.69, 9.17) is 44.8 Å². The average Bonchev–Trinajstić information content (AvgIpc) is 3.00. The summed E-state index contributed by atoms with van der Waals surface area (Å²) in [5.41, 5.74) is 3.31. The number of esters is 1. The van der Waals surface area contributed by atoms with E-state index in [1.54, 1.807) is 4.52 Å². The predicted octanol–water partition coefficient (Wildman–Crippen LogP) is 4.72. The molecule has 9 heteroatoms. The number of carbonyl (C=O) groups is 1. The third-order valence-electron chi connectivity index (χ3n) is 4.09. The zero-order valence-corrected chi connectivity index (χ0v) is 16.7. The topological polar surface area (TPSA) is 80.3 Å². The molecule has 0 aliphatic carbocycles. The van der Waals surface area contributed by atoms with Gasteiger partial charge in [0.15, 0.2) is 11.4 Å². The molecule has 0 saturated carbocycles. The van der Waals surface area contributed by atoms with Gasteiger partial charge in [0.1, 0.15) is 11.6 Å². The van der Waals surface area contributed by atoms with E-state index in [9.17, 15) is 4.79 Å². The summed E-state index contributed by atoms with van der Waals surface area (Å²) >= 11 is 17.9. The van der Waals surface area contributed by atoms with Gasteiger partial charge in [-0.25, -0.2) is 9.50 Å². The Hall–Kier alpha value is -2.33. The van der Waals surface area contributed by atoms with Gasteiger partial charge in [-0.3, -0.25) is 4.79 Å². The van der Waals surface area contributed by atoms with Gasteiger partial charge in [0, 0.05) is 16.4 Å². The molecular formula is C18H13Cl3N4O2. The van der Waals surface area contributed by atoms with Gasteiger partial charge in [-0.05, 0) is 38.0 Å². The van der Waals surface area contributed by atoms with Crippen molar-refractivity contribution in [2.24, 2.45) is 0 Å². The van der Waals surface area contributed by atoms with E-state index < -0.39 is 5.97 Å². The second kappa shape index (κ2) is 7.73. The summed E-state index contributed by atoms with van der Waals surface area (Å²) in [6.07, 6.45) is 1.96. The van der Waals surface area contributed by atoms with Crippen LogP contribution in [-0.2, 0) is 11.2 Å². The van der Waals surface area contributed by atoms with Gasteiger partial charge in [0.05, 0.1) is 22.7 Å². The van der Waals surface area contributed by atoms with Crippen LogP contribution < -0.4 is 4.74 Å². The fourth-order valence-corrected chi connectivity index (χ4v) is 3.66. The number of aryl methyl sites for hydroxylation is 2. The van der Waals surface area contributed by atoms with Crippen LogP contribution in [0.4, 0.5) is 0 Å². The summed E-state index contributed by atoms with van der Waals surface area (Å²) in [6.45, 7) is 3.69. The Morgan fingerprint density at radius 2 is 1.93 bits per heavy atom. The zero-order valence-electron chi connectivity index (χ0n) is 14.4. The highest BCUT2D eigenvalue weighted by Gasteiger charge is 2.17. The molecule has 0 amide bonds. The van der Waals surface area contributed by atoms with Crippen LogP contribution in [0.5, 0.6) is 5.75 Å². The molecule has 2 aromatic heterocycles. The Morgan fingerprint density at radius 1 is 1.26 bits per heavy atom. The minimum Gasteiger partial charge on any atom is -0.423 e. The van der Waals surface area contributed by atoms with Crippen molar-refractivity contribution >= 4 is 46.4 Å². The lowest BCUT2D eigenvalue weighted by Crippen LogP contribution is -2.12. The predicted molar refractivity (Wildman–Crippen MR) is 103 cm³/mol. The minimum atomic E-state index is -0.488. The lowest BCUT2D eigenvalue weighted by Gasteiger charge is -2.12. The van der Waals surface area contributed by atoms with E-state index >= 15 is 0 Å². The number of aromatic nitrogens is 3. The van der Waals surface area contributed by atoms with Gasteiger partial charge in [-0.2, -0.15) is 10.4 Å². The molecule has 1 aromatic carbocycles. The van der Waals surface area contributed by atoms with Crippen LogP contribution in [0.15, 0.2) is 18.3 Å². The first-order valence-electron chi connectivity index (χ1n) is 7.91. The maximum atomic E-state index is 12.3. The number of fused-ring (bicyclic) bond motifs is 1. The number of halogens is 3. The summed E-state index contributed by atoms with van der Waals surface area (Å²) in [4.78, 5) is 16.7. The molecule has 27 heavy (non-hydrogen) atoms. The van der Waals surface area contributed by atoms with Gasteiger partial charge in [0.2, 0.25) is 0 Å². The van der Waals surface area contributed by atoms with E-state index in [-0.39, 0.29) is 22.2 Å². The fourth-order valence-electron chi connectivity index (χ4n) is 2.77. The molecular weight excluding hydrogens is 411 g/mol. The molecule has 0 unspecified atom stereocenters. The van der Waals surface area contributed by atoms with E-state index in [1.807, 2.05) is 13.8 Å². The van der Waals surface area contributed by atoms with Crippen LogP contribution >= 0.6 is 34.8 Å². The highest BCUT2D eigenvalue weighted by molar-refractivity contribution is 6.40. The fraction of sp³-hybridized carbons (Fsp3) is 0.222. The number of hydrogen-bond donors (Lipinski definition) is 0. The highest BCUT2D eigenvalue weighted by atomic mass is 35.5. The minimum absolute atomic E-state index is 0.0838. The Morgan fingerprint density at radius 3 is 2.56 bits per heavy atom. The molecule has 0 radical (unpaired) electrons. The summed E-state index contributed by atoms with van der Waals surface area (Å²) < 4.78 is 6.89. The van der Waals surface area contributed by atoms with Crippen molar-refractivity contribution in [1.29, 1.82) is 5.26 Å². The van der Waals surface area contributed by atoms with Crippen molar-refractivity contribution < 1.29 is 9.53 Å². The monoisotopic (exact) mass is 422 g/mol. The van der Waals surface area contributed by atoms with Crippen molar-refractivity contribution in [3.8, 4) is 11.8 Å². The molecule has 0 atom stereocenters. The van der Waals surface area contributed by atoms with Crippen molar-refractivity contribution in [3.63, 3.8) is 0 Å². The molecule has 138 valence electrons. The van der Waals surface area contributed by atoms with E-state index in [1.165, 1.54) is 18.3 Å². The number of carbonyl (C=O) groups excluding carboxylic acids is 1. The van der Waals surface area contributed by atoms with E-state index in [2.05, 4.69) is 16.2 Å². The Bertz CT molecular complexity index is 1080. The van der Waals surface area contributed by atoms with E-state index in [0.717, 1.165) is 17.0 Å². The SMILES string of the molecule is Cc1nc2c(C#N)cnn2c(C)c1CCC(=O)Oc1c(Cl)cc(Cl)cc1Cl. The number of nitrogens with zero attached hydrogens (tertiary/aromatic N) is 4. The van der Waals surface area contributed by atoms with Crippen molar-refractivity contribution in [3.05, 3.63) is 55.9 Å². The molecule has 0 fully saturated rings. The summed E-state index contributed by atoms with van der Waals surface area (Å²) in [7, 11) is 0. The zero-order chi connectivity index (χ0) is 19.7. The highest BCUT2D eigenvalue weighted by Crippen LogP contribution is 2.36. The molecule has 0 bridgehead atoms. The number of hydrogen-bond acceptors (Lipinski definition) is 5. The van der Waals surface area contributed by atoms with Gasteiger partial charge >= 0.3 is 5.97 Å². The third-order valence-corrected chi connectivity index (χ3v) is 4.87. The Balaban J connectivity index is 1.79. The number of ether oxygens (including phenoxy) is 1. The average molecular weight is 424 g/mol. The van der Waals surface area contributed by atoms with Gasteiger partial charge in [0.25, 0.3) is 0 Å². The lowest BCUT2D eigenvalue weighted by molar-refractivity contribution is -0.134. The van der Waals surface area contributed by atoms with Crippen LogP contribution in [0.25, 0.3) is 5.65 Å². The van der Waals surface area contributed by atoms with Crippen molar-refractivity contribution in [2.75, 3.05) is 0 Å².